The first-order valence-electron chi connectivity index (χ1n) is 6.85. The van der Waals surface area contributed by atoms with E-state index in [1.54, 1.807) is 17.3 Å². The van der Waals surface area contributed by atoms with Gasteiger partial charge in [0.05, 0.1) is 6.20 Å². The molecule has 21 heavy (non-hydrogen) atoms. The van der Waals surface area contributed by atoms with Crippen molar-refractivity contribution in [3.05, 3.63) is 48.8 Å². The van der Waals surface area contributed by atoms with Gasteiger partial charge in [-0.2, -0.15) is 0 Å². The number of aliphatic hydroxyl groups excluding tert-OH is 1. The monoisotopic (exact) mass is 284 g/mol. The lowest BCUT2D eigenvalue weighted by atomic mass is 10.1. The van der Waals surface area contributed by atoms with Crippen molar-refractivity contribution in [2.75, 3.05) is 18.1 Å². The molecule has 3 rings (SSSR count). The van der Waals surface area contributed by atoms with Gasteiger partial charge in [-0.1, -0.05) is 0 Å². The van der Waals surface area contributed by atoms with Crippen LogP contribution in [0.4, 0.5) is 5.69 Å². The first-order valence-corrected chi connectivity index (χ1v) is 6.85. The van der Waals surface area contributed by atoms with Crippen LogP contribution in [-0.2, 0) is 4.79 Å². The summed E-state index contributed by atoms with van der Waals surface area (Å²) in [6, 6.07) is 11.0. The third kappa shape index (κ3) is 3.03. The van der Waals surface area contributed by atoms with Gasteiger partial charge in [-0.15, -0.1) is 0 Å². The fourth-order valence-electron chi connectivity index (χ4n) is 2.39. The molecule has 1 saturated heterocycles. The van der Waals surface area contributed by atoms with Gasteiger partial charge in [-0.05, 0) is 36.4 Å². The highest BCUT2D eigenvalue weighted by atomic mass is 16.5. The van der Waals surface area contributed by atoms with Crippen molar-refractivity contribution < 1.29 is 14.6 Å². The third-order valence-electron chi connectivity index (χ3n) is 3.48. The Bertz CT molecular complexity index is 613. The number of carbonyl (C=O) groups is 1. The fourth-order valence-corrected chi connectivity index (χ4v) is 2.39. The van der Waals surface area contributed by atoms with Gasteiger partial charge in [0.1, 0.15) is 11.5 Å². The molecule has 2 heterocycles. The molecule has 2 aromatic rings. The molecule has 0 radical (unpaired) electrons. The zero-order valence-electron chi connectivity index (χ0n) is 11.5. The van der Waals surface area contributed by atoms with Crippen LogP contribution in [0.5, 0.6) is 11.5 Å². The molecule has 1 aromatic heterocycles. The molecule has 1 aromatic carbocycles. The van der Waals surface area contributed by atoms with Gasteiger partial charge in [0.2, 0.25) is 5.91 Å². The van der Waals surface area contributed by atoms with Crippen molar-refractivity contribution in [3.63, 3.8) is 0 Å². The van der Waals surface area contributed by atoms with E-state index in [2.05, 4.69) is 4.98 Å². The second-order valence-electron chi connectivity index (χ2n) is 5.04. The summed E-state index contributed by atoms with van der Waals surface area (Å²) in [6.45, 7) is 0.614. The van der Waals surface area contributed by atoms with Crippen molar-refractivity contribution in [2.24, 2.45) is 5.92 Å². The molecule has 108 valence electrons. The van der Waals surface area contributed by atoms with Crippen molar-refractivity contribution in [2.45, 2.75) is 6.42 Å². The molecule has 1 amide bonds. The standard InChI is InChI=1S/C16H16N2O3/c19-11-12-8-16(20)18(10-12)13-3-5-14(6-4-13)21-15-2-1-7-17-9-15/h1-7,9,12,19H,8,10-11H2. The van der Waals surface area contributed by atoms with Gasteiger partial charge >= 0.3 is 0 Å². The zero-order chi connectivity index (χ0) is 14.7. The summed E-state index contributed by atoms with van der Waals surface area (Å²) < 4.78 is 5.66. The van der Waals surface area contributed by atoms with E-state index in [1.165, 1.54) is 0 Å². The van der Waals surface area contributed by atoms with Crippen LogP contribution in [0.3, 0.4) is 0 Å². The lowest BCUT2D eigenvalue weighted by Gasteiger charge is -2.16. The number of nitrogens with zero attached hydrogens (tertiary/aromatic N) is 2. The van der Waals surface area contributed by atoms with Crippen LogP contribution < -0.4 is 9.64 Å². The van der Waals surface area contributed by atoms with Gasteiger partial charge < -0.3 is 14.7 Å². The molecule has 1 fully saturated rings. The molecule has 1 N–H and O–H groups in total. The van der Waals surface area contributed by atoms with Gasteiger partial charge in [0, 0.05) is 37.4 Å². The molecule has 5 heteroatoms. The van der Waals surface area contributed by atoms with Crippen molar-refractivity contribution >= 4 is 11.6 Å². The topological polar surface area (TPSA) is 62.7 Å². The first kappa shape index (κ1) is 13.6. The minimum atomic E-state index is 0.0313. The molecule has 0 spiro atoms. The third-order valence-corrected chi connectivity index (χ3v) is 3.48. The maximum Gasteiger partial charge on any atom is 0.227 e. The number of amides is 1. The van der Waals surface area contributed by atoms with Crippen LogP contribution in [0, 0.1) is 5.92 Å². The highest BCUT2D eigenvalue weighted by Crippen LogP contribution is 2.28. The second-order valence-corrected chi connectivity index (χ2v) is 5.04. The van der Waals surface area contributed by atoms with E-state index in [4.69, 9.17) is 9.84 Å². The number of benzene rings is 1. The Kier molecular flexibility index (Phi) is 3.83. The van der Waals surface area contributed by atoms with E-state index in [9.17, 15) is 4.79 Å². The van der Waals surface area contributed by atoms with Crippen LogP contribution in [0.2, 0.25) is 0 Å². The van der Waals surface area contributed by atoms with Crippen LogP contribution in [0.1, 0.15) is 6.42 Å². The van der Waals surface area contributed by atoms with E-state index < -0.39 is 0 Å². The summed E-state index contributed by atoms with van der Waals surface area (Å²) in [5, 5.41) is 9.15. The van der Waals surface area contributed by atoms with E-state index in [0.717, 1.165) is 5.69 Å². The van der Waals surface area contributed by atoms with Gasteiger partial charge in [-0.25, -0.2) is 0 Å². The van der Waals surface area contributed by atoms with E-state index in [-0.39, 0.29) is 18.4 Å². The van der Waals surface area contributed by atoms with Crippen LogP contribution in [0.15, 0.2) is 48.8 Å². The number of anilines is 1. The van der Waals surface area contributed by atoms with E-state index in [0.29, 0.717) is 24.5 Å². The Morgan fingerprint density at radius 1 is 1.24 bits per heavy atom. The molecule has 1 atom stereocenters. The number of hydrogen-bond acceptors (Lipinski definition) is 4. The van der Waals surface area contributed by atoms with Crippen LogP contribution in [0.25, 0.3) is 0 Å². The number of ether oxygens (including phenoxy) is 1. The normalized spacial score (nSPS) is 18.0. The predicted octanol–water partition coefficient (Wildman–Crippen LogP) is 2.22. The quantitative estimate of drug-likeness (QED) is 0.935. The van der Waals surface area contributed by atoms with Crippen molar-refractivity contribution in [1.82, 2.24) is 4.98 Å². The lowest BCUT2D eigenvalue weighted by molar-refractivity contribution is -0.117. The highest BCUT2D eigenvalue weighted by Gasteiger charge is 2.29. The number of hydrogen-bond donors (Lipinski definition) is 1. The summed E-state index contributed by atoms with van der Waals surface area (Å²) in [5.41, 5.74) is 0.828. The summed E-state index contributed by atoms with van der Waals surface area (Å²) in [5.74, 6) is 1.44. The lowest BCUT2D eigenvalue weighted by Crippen LogP contribution is -2.24. The van der Waals surface area contributed by atoms with Crippen LogP contribution in [-0.4, -0.2) is 29.1 Å². The molecule has 1 unspecified atom stereocenters. The van der Waals surface area contributed by atoms with Gasteiger partial charge in [-0.3, -0.25) is 9.78 Å². The Morgan fingerprint density at radius 2 is 2.05 bits per heavy atom. The average molecular weight is 284 g/mol. The Hall–Kier alpha value is -2.40. The summed E-state index contributed by atoms with van der Waals surface area (Å²) in [7, 11) is 0. The molecule has 0 bridgehead atoms. The number of pyridine rings is 1. The van der Waals surface area contributed by atoms with Crippen molar-refractivity contribution in [1.29, 1.82) is 0 Å². The van der Waals surface area contributed by atoms with Crippen LogP contribution >= 0.6 is 0 Å². The van der Waals surface area contributed by atoms with Crippen molar-refractivity contribution in [3.8, 4) is 11.5 Å². The number of rotatable bonds is 4. The smallest absolute Gasteiger partial charge is 0.227 e. The maximum atomic E-state index is 11.9. The van der Waals surface area contributed by atoms with Gasteiger partial charge in [0.25, 0.3) is 0 Å². The summed E-state index contributed by atoms with van der Waals surface area (Å²) in [6.07, 6.45) is 3.74. The summed E-state index contributed by atoms with van der Waals surface area (Å²) >= 11 is 0. The fraction of sp³-hybridized carbons (Fsp3) is 0.250. The second kappa shape index (κ2) is 5.93. The number of aliphatic hydroxyl groups is 1. The molecular weight excluding hydrogens is 268 g/mol. The Balaban J connectivity index is 1.71. The highest BCUT2D eigenvalue weighted by molar-refractivity contribution is 5.95. The molecule has 0 aliphatic carbocycles. The minimum absolute atomic E-state index is 0.0313. The predicted molar refractivity (Wildman–Crippen MR) is 78.3 cm³/mol. The summed E-state index contributed by atoms with van der Waals surface area (Å²) in [4.78, 5) is 17.6. The molecule has 5 nitrogen and oxygen atoms in total. The molecule has 0 saturated carbocycles. The Labute approximate surface area is 122 Å². The maximum absolute atomic E-state index is 11.9. The molecular formula is C16H16N2O3. The number of carbonyl (C=O) groups excluding carboxylic acids is 1. The Morgan fingerprint density at radius 3 is 2.67 bits per heavy atom. The number of aromatic nitrogens is 1. The molecule has 1 aliphatic heterocycles. The molecule has 1 aliphatic rings. The van der Waals surface area contributed by atoms with E-state index >= 15 is 0 Å². The van der Waals surface area contributed by atoms with E-state index in [1.807, 2.05) is 36.4 Å². The average Bonchev–Trinajstić information content (AvgIpc) is 2.90. The largest absolute Gasteiger partial charge is 0.456 e. The zero-order valence-corrected chi connectivity index (χ0v) is 11.5. The minimum Gasteiger partial charge on any atom is -0.456 e. The van der Waals surface area contributed by atoms with Gasteiger partial charge in [0.15, 0.2) is 0 Å². The first-order chi connectivity index (χ1) is 10.3. The SMILES string of the molecule is O=C1CC(CO)CN1c1ccc(Oc2cccnc2)cc1.